The van der Waals surface area contributed by atoms with Crippen molar-refractivity contribution in [3.05, 3.63) is 35.4 Å². The first-order valence-corrected chi connectivity index (χ1v) is 12.7. The van der Waals surface area contributed by atoms with E-state index in [9.17, 15) is 9.59 Å². The molecule has 2 aliphatic heterocycles. The average Bonchev–Trinajstić information content (AvgIpc) is 3.31. The number of hydrogen-bond donors (Lipinski definition) is 0. The van der Waals surface area contributed by atoms with E-state index in [4.69, 9.17) is 19.1 Å². The number of furan rings is 1. The summed E-state index contributed by atoms with van der Waals surface area (Å²) < 4.78 is 11.3. The normalized spacial score (nSPS) is 17.2. The lowest BCUT2D eigenvalue weighted by molar-refractivity contribution is -0.130. The highest BCUT2D eigenvalue weighted by Gasteiger charge is 2.26. The zero-order valence-electron chi connectivity index (χ0n) is 20.4. The fourth-order valence-electron chi connectivity index (χ4n) is 3.90. The molecule has 9 nitrogen and oxygen atoms in total. The SMILES string of the molecule is CC(=O)N1CCN(C(=O)c2ccc(CSc3nc(N4CCOCC4)cc(C(C)(C)C)n3)o2)CC1. The van der Waals surface area contributed by atoms with Crippen LogP contribution in [0.4, 0.5) is 5.82 Å². The number of piperazine rings is 1. The van der Waals surface area contributed by atoms with Crippen LogP contribution < -0.4 is 4.90 Å². The number of aromatic nitrogens is 2. The van der Waals surface area contributed by atoms with Crippen LogP contribution in [0.15, 0.2) is 27.8 Å². The molecule has 2 aromatic rings. The molecule has 2 amide bonds. The molecule has 2 aromatic heterocycles. The highest BCUT2D eigenvalue weighted by atomic mass is 32.2. The van der Waals surface area contributed by atoms with Crippen LogP contribution in [0.5, 0.6) is 0 Å². The lowest BCUT2D eigenvalue weighted by Crippen LogP contribution is -2.50. The van der Waals surface area contributed by atoms with Gasteiger partial charge in [-0.1, -0.05) is 32.5 Å². The average molecular weight is 488 g/mol. The Kier molecular flexibility index (Phi) is 7.47. The van der Waals surface area contributed by atoms with Crippen LogP contribution in [0.3, 0.4) is 0 Å². The Morgan fingerprint density at radius 2 is 1.68 bits per heavy atom. The third-order valence-corrected chi connectivity index (χ3v) is 6.89. The summed E-state index contributed by atoms with van der Waals surface area (Å²) in [7, 11) is 0. The Labute approximate surface area is 204 Å². The molecule has 4 heterocycles. The molecule has 0 saturated carbocycles. The number of rotatable bonds is 5. The summed E-state index contributed by atoms with van der Waals surface area (Å²) >= 11 is 1.50. The summed E-state index contributed by atoms with van der Waals surface area (Å²) in [5, 5.41) is 0.693. The van der Waals surface area contributed by atoms with Crippen molar-refractivity contribution < 1.29 is 18.7 Å². The van der Waals surface area contributed by atoms with E-state index in [0.717, 1.165) is 24.6 Å². The molecule has 0 bridgehead atoms. The third kappa shape index (κ3) is 5.90. The number of hydrogen-bond acceptors (Lipinski definition) is 8. The number of anilines is 1. The van der Waals surface area contributed by atoms with Gasteiger partial charge in [0.2, 0.25) is 5.91 Å². The second-order valence-electron chi connectivity index (χ2n) is 9.60. The summed E-state index contributed by atoms with van der Waals surface area (Å²) in [6.45, 7) is 13.2. The van der Waals surface area contributed by atoms with Gasteiger partial charge in [0.15, 0.2) is 10.9 Å². The number of amides is 2. The van der Waals surface area contributed by atoms with Gasteiger partial charge in [-0.2, -0.15) is 0 Å². The number of carbonyl (C=O) groups excluding carboxylic acids is 2. The van der Waals surface area contributed by atoms with Crippen LogP contribution >= 0.6 is 11.8 Å². The van der Waals surface area contributed by atoms with Crippen molar-refractivity contribution in [3.8, 4) is 0 Å². The van der Waals surface area contributed by atoms with E-state index in [1.54, 1.807) is 22.8 Å². The smallest absolute Gasteiger partial charge is 0.289 e. The molecular formula is C24H33N5O4S. The molecule has 0 spiro atoms. The van der Waals surface area contributed by atoms with Crippen molar-refractivity contribution >= 4 is 29.4 Å². The molecule has 0 unspecified atom stereocenters. The van der Waals surface area contributed by atoms with Crippen molar-refractivity contribution in [1.29, 1.82) is 0 Å². The highest BCUT2D eigenvalue weighted by Crippen LogP contribution is 2.29. The highest BCUT2D eigenvalue weighted by molar-refractivity contribution is 7.98. The van der Waals surface area contributed by atoms with Gasteiger partial charge in [0.25, 0.3) is 5.91 Å². The molecule has 10 heteroatoms. The largest absolute Gasteiger partial charge is 0.455 e. The van der Waals surface area contributed by atoms with Crippen LogP contribution in [0.2, 0.25) is 0 Å². The Morgan fingerprint density at radius 3 is 2.32 bits per heavy atom. The second-order valence-corrected chi connectivity index (χ2v) is 10.5. The van der Waals surface area contributed by atoms with Crippen molar-refractivity contribution in [2.24, 2.45) is 0 Å². The van der Waals surface area contributed by atoms with Crippen LogP contribution in [-0.4, -0.2) is 84.1 Å². The third-order valence-electron chi connectivity index (χ3n) is 6.02. The van der Waals surface area contributed by atoms with E-state index >= 15 is 0 Å². The van der Waals surface area contributed by atoms with Gasteiger partial charge in [0.1, 0.15) is 11.6 Å². The molecule has 2 fully saturated rings. The van der Waals surface area contributed by atoms with Crippen molar-refractivity contribution in [2.75, 3.05) is 57.4 Å². The van der Waals surface area contributed by atoms with Crippen LogP contribution in [-0.2, 0) is 20.7 Å². The molecule has 0 aromatic carbocycles. The first kappa shape index (κ1) is 24.5. The van der Waals surface area contributed by atoms with E-state index in [1.807, 2.05) is 6.07 Å². The Hall–Kier alpha value is -2.59. The quantitative estimate of drug-likeness (QED) is 0.470. The Morgan fingerprint density at radius 1 is 1.00 bits per heavy atom. The number of ether oxygens (including phenoxy) is 1. The molecule has 0 aliphatic carbocycles. The van der Waals surface area contributed by atoms with Gasteiger partial charge in [0.05, 0.1) is 24.7 Å². The van der Waals surface area contributed by atoms with Crippen LogP contribution in [0.25, 0.3) is 0 Å². The Bertz CT molecular complexity index is 1020. The van der Waals surface area contributed by atoms with E-state index in [1.165, 1.54) is 11.8 Å². The summed E-state index contributed by atoms with van der Waals surface area (Å²) in [4.78, 5) is 39.6. The molecule has 4 rings (SSSR count). The van der Waals surface area contributed by atoms with E-state index in [0.29, 0.717) is 61.8 Å². The first-order valence-electron chi connectivity index (χ1n) is 11.7. The summed E-state index contributed by atoms with van der Waals surface area (Å²) in [6.07, 6.45) is 0. The van der Waals surface area contributed by atoms with Gasteiger partial charge in [-0.3, -0.25) is 9.59 Å². The lowest BCUT2D eigenvalue weighted by atomic mass is 9.92. The first-order chi connectivity index (χ1) is 16.2. The van der Waals surface area contributed by atoms with E-state index < -0.39 is 0 Å². The van der Waals surface area contributed by atoms with Crippen LogP contribution in [0.1, 0.15) is 49.7 Å². The molecule has 0 atom stereocenters. The summed E-state index contributed by atoms with van der Waals surface area (Å²) in [5.41, 5.74) is 0.891. The standard InChI is InChI=1S/C24H33N5O4S/c1-17(30)27-7-9-29(10-8-27)22(31)19-6-5-18(33-19)16-34-23-25-20(24(2,3)4)15-21(26-23)28-11-13-32-14-12-28/h5-6,15H,7-14,16H2,1-4H3. The summed E-state index contributed by atoms with van der Waals surface area (Å²) in [5.74, 6) is 2.38. The molecule has 184 valence electrons. The molecular weight excluding hydrogens is 454 g/mol. The molecule has 0 radical (unpaired) electrons. The van der Waals surface area contributed by atoms with Crippen molar-refractivity contribution in [2.45, 2.75) is 44.0 Å². The molecule has 2 saturated heterocycles. The maximum atomic E-state index is 12.8. The van der Waals surface area contributed by atoms with E-state index in [2.05, 4.69) is 31.7 Å². The fourth-order valence-corrected chi connectivity index (χ4v) is 4.65. The number of morpholine rings is 1. The van der Waals surface area contributed by atoms with Gasteiger partial charge < -0.3 is 23.9 Å². The molecule has 34 heavy (non-hydrogen) atoms. The lowest BCUT2D eigenvalue weighted by Gasteiger charge is -2.33. The van der Waals surface area contributed by atoms with E-state index in [-0.39, 0.29) is 17.2 Å². The van der Waals surface area contributed by atoms with Crippen molar-refractivity contribution in [3.63, 3.8) is 0 Å². The number of nitrogens with zero attached hydrogens (tertiary/aromatic N) is 5. The predicted octanol–water partition coefficient (Wildman–Crippen LogP) is 2.80. The number of thioether (sulfide) groups is 1. The van der Waals surface area contributed by atoms with Gasteiger partial charge in [0, 0.05) is 57.7 Å². The minimum atomic E-state index is -0.139. The maximum absolute atomic E-state index is 12.8. The predicted molar refractivity (Wildman–Crippen MR) is 130 cm³/mol. The van der Waals surface area contributed by atoms with Crippen molar-refractivity contribution in [1.82, 2.24) is 19.8 Å². The Balaban J connectivity index is 1.41. The van der Waals surface area contributed by atoms with Gasteiger partial charge in [-0.05, 0) is 12.1 Å². The van der Waals surface area contributed by atoms with Gasteiger partial charge in [-0.15, -0.1) is 0 Å². The minimum Gasteiger partial charge on any atom is -0.455 e. The van der Waals surface area contributed by atoms with Gasteiger partial charge in [-0.25, -0.2) is 9.97 Å². The minimum absolute atomic E-state index is 0.0407. The van der Waals surface area contributed by atoms with Crippen LogP contribution in [0, 0.1) is 0 Å². The molecule has 0 N–H and O–H groups in total. The summed E-state index contributed by atoms with van der Waals surface area (Å²) in [6, 6.07) is 5.63. The zero-order chi connectivity index (χ0) is 24.3. The van der Waals surface area contributed by atoms with Gasteiger partial charge >= 0.3 is 0 Å². The monoisotopic (exact) mass is 487 g/mol. The zero-order valence-corrected chi connectivity index (χ0v) is 21.2. The molecule has 2 aliphatic rings. The fraction of sp³-hybridized carbons (Fsp3) is 0.583. The number of carbonyl (C=O) groups is 2. The second kappa shape index (κ2) is 10.4. The maximum Gasteiger partial charge on any atom is 0.289 e. The topological polar surface area (TPSA) is 92.0 Å².